The highest BCUT2D eigenvalue weighted by Gasteiger charge is 2.57. The molecule has 6 bridgehead atoms. The van der Waals surface area contributed by atoms with Crippen LogP contribution in [0.25, 0.3) is 0 Å². The minimum absolute atomic E-state index is 0.0325. The van der Waals surface area contributed by atoms with Crippen molar-refractivity contribution in [2.75, 3.05) is 27.4 Å². The lowest BCUT2D eigenvalue weighted by molar-refractivity contribution is -0.327. The average Bonchev–Trinajstić information content (AvgIpc) is 3.14. The van der Waals surface area contributed by atoms with Crippen LogP contribution in [0.15, 0.2) is 23.8 Å². The van der Waals surface area contributed by atoms with Gasteiger partial charge in [-0.1, -0.05) is 52.5 Å². The van der Waals surface area contributed by atoms with Gasteiger partial charge in [0.1, 0.15) is 12.2 Å². The van der Waals surface area contributed by atoms with E-state index < -0.39 is 97.3 Å². The highest BCUT2D eigenvalue weighted by atomic mass is 16.7. The number of ether oxygens (including phenoxy) is 9. The third-order valence-corrected chi connectivity index (χ3v) is 10.7. The zero-order valence-corrected chi connectivity index (χ0v) is 33.4. The van der Waals surface area contributed by atoms with E-state index in [0.29, 0.717) is 32.3 Å². The van der Waals surface area contributed by atoms with E-state index in [9.17, 15) is 34.5 Å². The van der Waals surface area contributed by atoms with Crippen LogP contribution < -0.4 is 0 Å². The quantitative estimate of drug-likeness (QED) is 0.0934. The van der Waals surface area contributed by atoms with E-state index in [4.69, 9.17) is 42.6 Å². The van der Waals surface area contributed by atoms with Crippen molar-refractivity contribution in [2.24, 2.45) is 5.41 Å². The van der Waals surface area contributed by atoms with Crippen molar-refractivity contribution in [1.82, 2.24) is 0 Å². The van der Waals surface area contributed by atoms with Gasteiger partial charge >= 0.3 is 24.1 Å². The van der Waals surface area contributed by atoms with Gasteiger partial charge in [0.25, 0.3) is 0 Å². The molecule has 0 amide bonds. The maximum Gasteiger partial charge on any atom is 0.508 e. The first-order valence-electron chi connectivity index (χ1n) is 19.9. The van der Waals surface area contributed by atoms with Crippen LogP contribution in [-0.4, -0.2) is 128 Å². The van der Waals surface area contributed by atoms with Crippen LogP contribution in [-0.2, 0) is 57.0 Å². The van der Waals surface area contributed by atoms with E-state index >= 15 is 0 Å². The van der Waals surface area contributed by atoms with E-state index in [0.717, 1.165) is 31.8 Å². The van der Waals surface area contributed by atoms with Crippen molar-refractivity contribution >= 4 is 24.1 Å². The first-order valence-corrected chi connectivity index (χ1v) is 19.9. The second kappa shape index (κ2) is 21.6. The first-order chi connectivity index (χ1) is 26.7. The monoisotopic (exact) mass is 798 g/mol. The number of fused-ring (bicyclic) bond motifs is 6. The lowest BCUT2D eigenvalue weighted by atomic mass is 9.74. The molecule has 56 heavy (non-hydrogen) atoms. The van der Waals surface area contributed by atoms with Crippen LogP contribution >= 0.6 is 0 Å². The SMILES string of the molecule is CCCCCCCC(=O)O[C@H]1/C(=C/C(=O)OC)C[C@H]2C[C@H](CO)OC(=O)C[C@H](O)C[C@@H]3C[C@H](OC(=O)OC)C[C@H](C[C@@H]4CCO[C@H](/C=C\C(C)(C)[C@]1(O)O2)O4)O3. The topological polar surface area (TPSA) is 212 Å². The fourth-order valence-electron chi connectivity index (χ4n) is 7.70. The summed E-state index contributed by atoms with van der Waals surface area (Å²) in [6, 6.07) is 0. The van der Waals surface area contributed by atoms with E-state index in [1.54, 1.807) is 26.0 Å². The number of esters is 3. The van der Waals surface area contributed by atoms with Crippen molar-refractivity contribution in [3.8, 4) is 0 Å². The van der Waals surface area contributed by atoms with Crippen molar-refractivity contribution in [2.45, 2.75) is 172 Å². The van der Waals surface area contributed by atoms with Crippen molar-refractivity contribution in [3.05, 3.63) is 23.8 Å². The van der Waals surface area contributed by atoms with Gasteiger partial charge in [-0.15, -0.1) is 0 Å². The van der Waals surface area contributed by atoms with Crippen LogP contribution in [0.3, 0.4) is 0 Å². The number of carbonyl (C=O) groups excluding carboxylic acids is 4. The van der Waals surface area contributed by atoms with E-state index in [2.05, 4.69) is 6.92 Å². The number of cyclic esters (lactones) is 1. The number of hydrogen-bond acceptors (Lipinski definition) is 16. The van der Waals surface area contributed by atoms with E-state index in [1.165, 1.54) is 14.2 Å². The summed E-state index contributed by atoms with van der Waals surface area (Å²) in [5, 5.41) is 33.9. The van der Waals surface area contributed by atoms with E-state index in [-0.39, 0.29) is 43.8 Å². The lowest BCUT2D eigenvalue weighted by Crippen LogP contribution is -2.62. The number of rotatable bonds is 10. The molecule has 16 heteroatoms. The summed E-state index contributed by atoms with van der Waals surface area (Å²) in [6.45, 7) is 5.16. The number of methoxy groups -OCH3 is 2. The van der Waals surface area contributed by atoms with Gasteiger partial charge in [-0.25, -0.2) is 9.59 Å². The molecule has 16 nitrogen and oxygen atoms in total. The molecule has 0 spiro atoms. The van der Waals surface area contributed by atoms with Gasteiger partial charge in [0.15, 0.2) is 12.4 Å². The normalized spacial score (nSPS) is 35.3. The third-order valence-electron chi connectivity index (χ3n) is 10.7. The summed E-state index contributed by atoms with van der Waals surface area (Å²) in [4.78, 5) is 51.2. The molecule has 0 aliphatic carbocycles. The molecule has 3 saturated heterocycles. The molecule has 3 N–H and O–H groups in total. The molecule has 318 valence electrons. The average molecular weight is 799 g/mol. The summed E-state index contributed by atoms with van der Waals surface area (Å²) in [5.41, 5.74) is -1.15. The van der Waals surface area contributed by atoms with E-state index in [1.807, 2.05) is 0 Å². The van der Waals surface area contributed by atoms with Gasteiger partial charge < -0.3 is 58.0 Å². The molecule has 0 saturated carbocycles. The standard InChI is InChI=1S/C40H62O16/c1-6-7-8-9-10-11-33(43)55-37-25(17-34(44)48-4)16-31-23-32(24-41)52-35(45)19-26(42)18-28-21-30(54-38(46)49-5)22-29(51-28)20-27-13-15-50-36(53-27)12-14-39(2,3)40(37,47)56-31/h12,14,17,26-32,36-37,41-42,47H,6-11,13,15-16,18-24H2,1-5H3/b14-12-,25-17+/t26-,27+,28-,29+,30+,31+,32-,36+,37+,40-/m1/s1. The molecule has 4 rings (SSSR count). The number of aliphatic hydroxyl groups excluding tert-OH is 2. The minimum Gasteiger partial charge on any atom is -0.466 e. The van der Waals surface area contributed by atoms with Crippen LogP contribution in [0, 0.1) is 5.41 Å². The molecule has 0 aromatic heterocycles. The van der Waals surface area contributed by atoms with Gasteiger partial charge in [-0.3, -0.25) is 9.59 Å². The van der Waals surface area contributed by atoms with Crippen LogP contribution in [0.4, 0.5) is 4.79 Å². The summed E-state index contributed by atoms with van der Waals surface area (Å²) in [5.74, 6) is -4.44. The molecule has 3 fully saturated rings. The number of aliphatic hydroxyl groups is 3. The fourth-order valence-corrected chi connectivity index (χ4v) is 7.70. The zero-order valence-electron chi connectivity index (χ0n) is 33.4. The molecule has 10 atom stereocenters. The molecule has 0 aromatic rings. The Morgan fingerprint density at radius 1 is 0.911 bits per heavy atom. The zero-order chi connectivity index (χ0) is 40.9. The maximum atomic E-state index is 13.3. The van der Waals surface area contributed by atoms with Crippen LogP contribution in [0.5, 0.6) is 0 Å². The van der Waals surface area contributed by atoms with Gasteiger partial charge in [0.05, 0.1) is 64.4 Å². The van der Waals surface area contributed by atoms with Gasteiger partial charge in [0, 0.05) is 50.0 Å². The lowest BCUT2D eigenvalue weighted by Gasteiger charge is -2.51. The van der Waals surface area contributed by atoms with Crippen LogP contribution in [0.2, 0.25) is 0 Å². The van der Waals surface area contributed by atoms with Crippen LogP contribution in [0.1, 0.15) is 111 Å². The molecule has 0 radical (unpaired) electrons. The number of carbonyl (C=O) groups is 4. The molecule has 0 aromatic carbocycles. The second-order valence-corrected chi connectivity index (χ2v) is 15.7. The first kappa shape index (κ1) is 45.6. The van der Waals surface area contributed by atoms with Gasteiger partial charge in [-0.2, -0.15) is 0 Å². The largest absolute Gasteiger partial charge is 0.508 e. The highest BCUT2D eigenvalue weighted by Crippen LogP contribution is 2.47. The molecule has 0 unspecified atom stereocenters. The Balaban J connectivity index is 1.68. The molecule has 4 heterocycles. The van der Waals surface area contributed by atoms with Crippen molar-refractivity contribution < 1.29 is 77.1 Å². The number of unbranched alkanes of at least 4 members (excludes halogenated alkanes) is 4. The second-order valence-electron chi connectivity index (χ2n) is 15.7. The molecule has 4 aliphatic rings. The maximum absolute atomic E-state index is 13.3. The summed E-state index contributed by atoms with van der Waals surface area (Å²) in [7, 11) is 2.42. The van der Waals surface area contributed by atoms with Gasteiger partial charge in [0.2, 0.25) is 5.79 Å². The Bertz CT molecular complexity index is 1360. The Hall–Kier alpha value is -3.12. The predicted octanol–water partition coefficient (Wildman–Crippen LogP) is 4.09. The number of hydrogen-bond donors (Lipinski definition) is 3. The summed E-state index contributed by atoms with van der Waals surface area (Å²) < 4.78 is 51.7. The Labute approximate surface area is 329 Å². The molecular weight excluding hydrogens is 736 g/mol. The summed E-state index contributed by atoms with van der Waals surface area (Å²) in [6.07, 6.45) is 1.59. The smallest absolute Gasteiger partial charge is 0.466 e. The van der Waals surface area contributed by atoms with Crippen molar-refractivity contribution in [1.29, 1.82) is 0 Å². The highest BCUT2D eigenvalue weighted by molar-refractivity contribution is 5.83. The Morgan fingerprint density at radius 2 is 1.64 bits per heavy atom. The third kappa shape index (κ3) is 13.2. The predicted molar refractivity (Wildman–Crippen MR) is 197 cm³/mol. The minimum atomic E-state index is -2.31. The molecular formula is C40H62O16. The van der Waals surface area contributed by atoms with Crippen molar-refractivity contribution in [3.63, 3.8) is 0 Å². The summed E-state index contributed by atoms with van der Waals surface area (Å²) >= 11 is 0. The fraction of sp³-hybridized carbons (Fsp3) is 0.800. The molecule has 4 aliphatic heterocycles. The Kier molecular flexibility index (Phi) is 17.6. The van der Waals surface area contributed by atoms with Gasteiger partial charge in [-0.05, 0) is 30.9 Å². The Morgan fingerprint density at radius 3 is 2.34 bits per heavy atom.